The summed E-state index contributed by atoms with van der Waals surface area (Å²) in [4.78, 5) is 24.7. The van der Waals surface area contributed by atoms with Gasteiger partial charge in [-0.1, -0.05) is 22.0 Å². The van der Waals surface area contributed by atoms with Crippen molar-refractivity contribution in [3.63, 3.8) is 0 Å². The average molecular weight is 513 g/mol. The Morgan fingerprint density at radius 2 is 1.55 bits per heavy atom. The van der Waals surface area contributed by atoms with Gasteiger partial charge in [-0.25, -0.2) is 10.2 Å². The van der Waals surface area contributed by atoms with Gasteiger partial charge in [0, 0.05) is 10.0 Å². The Bertz CT molecular complexity index is 1150. The normalized spacial score (nSPS) is 10.5. The molecule has 0 atom stereocenters. The fourth-order valence-electron chi connectivity index (χ4n) is 2.85. The van der Waals surface area contributed by atoms with E-state index in [9.17, 15) is 9.59 Å². The molecule has 8 nitrogen and oxygen atoms in total. The maximum absolute atomic E-state index is 12.6. The van der Waals surface area contributed by atoms with Gasteiger partial charge >= 0.3 is 5.97 Å². The second-order valence-electron chi connectivity index (χ2n) is 6.58. The number of nitrogens with zero attached hydrogens (tertiary/aromatic N) is 1. The molecule has 9 heteroatoms. The van der Waals surface area contributed by atoms with Crippen molar-refractivity contribution in [2.75, 3.05) is 21.3 Å². The number of ether oxygens (including phenoxy) is 4. The van der Waals surface area contributed by atoms with Crippen LogP contribution < -0.4 is 24.4 Å². The third-order valence-electron chi connectivity index (χ3n) is 4.46. The highest BCUT2D eigenvalue weighted by Crippen LogP contribution is 2.38. The van der Waals surface area contributed by atoms with Crippen molar-refractivity contribution in [3.8, 4) is 23.0 Å². The highest BCUT2D eigenvalue weighted by molar-refractivity contribution is 9.10. The molecule has 0 spiro atoms. The summed E-state index contributed by atoms with van der Waals surface area (Å²) >= 11 is 3.32. The minimum absolute atomic E-state index is 0.241. The van der Waals surface area contributed by atoms with Crippen LogP contribution in [0.2, 0.25) is 0 Å². The smallest absolute Gasteiger partial charge is 0.343 e. The van der Waals surface area contributed by atoms with Crippen LogP contribution in [-0.4, -0.2) is 39.4 Å². The van der Waals surface area contributed by atoms with Crippen molar-refractivity contribution in [1.29, 1.82) is 0 Å². The molecule has 1 amide bonds. The number of nitrogens with one attached hydrogen (secondary N) is 1. The summed E-state index contributed by atoms with van der Waals surface area (Å²) in [5.74, 6) is 0.497. The minimum atomic E-state index is -0.586. The minimum Gasteiger partial charge on any atom is -0.493 e. The molecule has 0 bridgehead atoms. The molecule has 0 fully saturated rings. The summed E-state index contributed by atoms with van der Waals surface area (Å²) in [5.41, 5.74) is 3.89. The number of carbonyl (C=O) groups excluding carboxylic acids is 2. The molecule has 3 rings (SSSR count). The van der Waals surface area contributed by atoms with E-state index in [0.29, 0.717) is 34.1 Å². The van der Waals surface area contributed by atoms with E-state index >= 15 is 0 Å². The molecule has 0 saturated carbocycles. The van der Waals surface area contributed by atoms with Gasteiger partial charge in [-0.3, -0.25) is 4.79 Å². The molecule has 0 aliphatic heterocycles. The van der Waals surface area contributed by atoms with Crippen LogP contribution in [-0.2, 0) is 0 Å². The number of hydrogen-bond acceptors (Lipinski definition) is 7. The van der Waals surface area contributed by atoms with E-state index in [0.717, 1.165) is 4.47 Å². The van der Waals surface area contributed by atoms with E-state index < -0.39 is 5.97 Å². The highest BCUT2D eigenvalue weighted by atomic mass is 79.9. The highest BCUT2D eigenvalue weighted by Gasteiger charge is 2.18. The number of esters is 1. The van der Waals surface area contributed by atoms with E-state index in [4.69, 9.17) is 18.9 Å². The molecular formula is C24H21BrN2O6. The van der Waals surface area contributed by atoms with Gasteiger partial charge in [0.05, 0.1) is 33.1 Å². The number of rotatable bonds is 8. The number of hydrogen-bond donors (Lipinski definition) is 1. The van der Waals surface area contributed by atoms with Gasteiger partial charge in [-0.2, -0.15) is 5.10 Å². The molecule has 170 valence electrons. The molecule has 0 aliphatic rings. The van der Waals surface area contributed by atoms with Crippen LogP contribution in [0, 0.1) is 0 Å². The van der Waals surface area contributed by atoms with Crippen LogP contribution in [0.4, 0.5) is 0 Å². The first kappa shape index (κ1) is 23.8. The van der Waals surface area contributed by atoms with E-state index in [2.05, 4.69) is 26.5 Å². The Morgan fingerprint density at radius 1 is 0.879 bits per heavy atom. The maximum Gasteiger partial charge on any atom is 0.343 e. The van der Waals surface area contributed by atoms with Gasteiger partial charge in [-0.05, 0) is 60.2 Å². The molecule has 0 heterocycles. The first-order valence-electron chi connectivity index (χ1n) is 9.66. The van der Waals surface area contributed by atoms with Crippen molar-refractivity contribution >= 4 is 34.0 Å². The Kier molecular flexibility index (Phi) is 8.04. The van der Waals surface area contributed by atoms with Crippen LogP contribution in [0.1, 0.15) is 26.3 Å². The molecule has 0 unspecified atom stereocenters. The number of halogens is 1. The molecule has 0 radical (unpaired) electrons. The van der Waals surface area contributed by atoms with Gasteiger partial charge in [0.15, 0.2) is 11.5 Å². The van der Waals surface area contributed by atoms with E-state index in [1.165, 1.54) is 39.7 Å². The maximum atomic E-state index is 12.6. The molecule has 3 aromatic rings. The van der Waals surface area contributed by atoms with Gasteiger partial charge in [-0.15, -0.1) is 0 Å². The zero-order valence-corrected chi connectivity index (χ0v) is 19.7. The SMILES string of the molecule is COc1cc(C(=O)Oc2ccc(C=NNC(=O)c3cccc(Br)c3)cc2)cc(OC)c1OC. The van der Waals surface area contributed by atoms with Crippen molar-refractivity contribution < 1.29 is 28.5 Å². The van der Waals surface area contributed by atoms with Gasteiger partial charge in [0.1, 0.15) is 5.75 Å². The van der Waals surface area contributed by atoms with Crippen LogP contribution in [0.25, 0.3) is 0 Å². The molecule has 3 aromatic carbocycles. The fourth-order valence-corrected chi connectivity index (χ4v) is 3.25. The van der Waals surface area contributed by atoms with E-state index in [-0.39, 0.29) is 11.5 Å². The number of carbonyl (C=O) groups is 2. The monoisotopic (exact) mass is 512 g/mol. The van der Waals surface area contributed by atoms with Crippen LogP contribution >= 0.6 is 15.9 Å². The van der Waals surface area contributed by atoms with Crippen molar-refractivity contribution in [1.82, 2.24) is 5.43 Å². The third-order valence-corrected chi connectivity index (χ3v) is 4.95. The summed E-state index contributed by atoms with van der Waals surface area (Å²) < 4.78 is 22.0. The third kappa shape index (κ3) is 6.11. The molecule has 0 saturated heterocycles. The van der Waals surface area contributed by atoms with Crippen LogP contribution in [0.15, 0.2) is 70.2 Å². The number of benzene rings is 3. The zero-order chi connectivity index (χ0) is 23.8. The summed E-state index contributed by atoms with van der Waals surface area (Å²) in [6.45, 7) is 0. The summed E-state index contributed by atoms with van der Waals surface area (Å²) in [6, 6.07) is 16.6. The lowest BCUT2D eigenvalue weighted by Gasteiger charge is -2.13. The van der Waals surface area contributed by atoms with E-state index in [1.807, 2.05) is 6.07 Å². The summed E-state index contributed by atoms with van der Waals surface area (Å²) in [7, 11) is 4.41. The first-order chi connectivity index (χ1) is 15.9. The standard InChI is InChI=1S/C24H21BrN2O6/c1-30-20-12-17(13-21(31-2)22(20)32-3)24(29)33-19-9-7-15(8-10-19)14-26-27-23(28)16-5-4-6-18(25)11-16/h4-14H,1-3H3,(H,27,28). The lowest BCUT2D eigenvalue weighted by molar-refractivity contribution is 0.0733. The molecular weight excluding hydrogens is 492 g/mol. The van der Waals surface area contributed by atoms with Gasteiger partial charge in [0.25, 0.3) is 5.91 Å². The largest absolute Gasteiger partial charge is 0.493 e. The Labute approximate surface area is 199 Å². The molecule has 0 aromatic heterocycles. The van der Waals surface area contributed by atoms with Crippen LogP contribution in [0.3, 0.4) is 0 Å². The average Bonchev–Trinajstić information content (AvgIpc) is 2.83. The van der Waals surface area contributed by atoms with E-state index in [1.54, 1.807) is 42.5 Å². The number of amides is 1. The molecule has 33 heavy (non-hydrogen) atoms. The van der Waals surface area contributed by atoms with Gasteiger partial charge in [0.2, 0.25) is 5.75 Å². The summed E-state index contributed by atoms with van der Waals surface area (Å²) in [6.07, 6.45) is 1.49. The number of hydrazone groups is 1. The quantitative estimate of drug-likeness (QED) is 0.207. The van der Waals surface area contributed by atoms with Crippen LogP contribution in [0.5, 0.6) is 23.0 Å². The zero-order valence-electron chi connectivity index (χ0n) is 18.1. The predicted octanol–water partition coefficient (Wildman–Crippen LogP) is 4.46. The Morgan fingerprint density at radius 3 is 2.12 bits per heavy atom. The first-order valence-corrected chi connectivity index (χ1v) is 10.5. The second kappa shape index (κ2) is 11.1. The van der Waals surface area contributed by atoms with Crippen molar-refractivity contribution in [2.45, 2.75) is 0 Å². The van der Waals surface area contributed by atoms with Gasteiger partial charge < -0.3 is 18.9 Å². The topological polar surface area (TPSA) is 95.5 Å². The fraction of sp³-hybridized carbons (Fsp3) is 0.125. The lowest BCUT2D eigenvalue weighted by Crippen LogP contribution is -2.17. The Hall–Kier alpha value is -3.85. The second-order valence-corrected chi connectivity index (χ2v) is 7.50. The molecule has 1 N–H and O–H groups in total. The number of methoxy groups -OCH3 is 3. The van der Waals surface area contributed by atoms with Crippen molar-refractivity contribution in [2.24, 2.45) is 5.10 Å². The predicted molar refractivity (Wildman–Crippen MR) is 127 cm³/mol. The molecule has 0 aliphatic carbocycles. The van der Waals surface area contributed by atoms with Crippen molar-refractivity contribution in [3.05, 3.63) is 81.8 Å². The Balaban J connectivity index is 1.64. The lowest BCUT2D eigenvalue weighted by atomic mass is 10.2. The summed E-state index contributed by atoms with van der Waals surface area (Å²) in [5, 5.41) is 3.95.